The van der Waals surface area contributed by atoms with Gasteiger partial charge in [0.05, 0.1) is 5.57 Å². The molecule has 0 saturated heterocycles. The zero-order valence-electron chi connectivity index (χ0n) is 10.2. The number of imidazole rings is 1. The van der Waals surface area contributed by atoms with Crippen molar-refractivity contribution in [2.24, 2.45) is 11.8 Å². The lowest BCUT2D eigenvalue weighted by Crippen LogP contribution is -2.24. The molecule has 0 aromatic carbocycles. The summed E-state index contributed by atoms with van der Waals surface area (Å²) in [6.07, 6.45) is 6.79. The molecule has 1 aliphatic rings. The third kappa shape index (κ3) is 1.99. The highest BCUT2D eigenvalue weighted by Gasteiger charge is 2.28. The maximum atomic E-state index is 12.3. The minimum absolute atomic E-state index is 0.0822. The van der Waals surface area contributed by atoms with E-state index in [9.17, 15) is 9.59 Å². The van der Waals surface area contributed by atoms with E-state index in [1.54, 1.807) is 12.2 Å². The highest BCUT2D eigenvalue weighted by Crippen LogP contribution is 2.27. The van der Waals surface area contributed by atoms with E-state index in [0.29, 0.717) is 5.57 Å². The lowest BCUT2D eigenvalue weighted by molar-refractivity contribution is -0.117. The van der Waals surface area contributed by atoms with E-state index >= 15 is 0 Å². The van der Waals surface area contributed by atoms with Gasteiger partial charge in [-0.15, -0.1) is 0 Å². The Morgan fingerprint density at radius 2 is 2.22 bits per heavy atom. The smallest absolute Gasteiger partial charge is 0.417 e. The molecule has 0 aliphatic heterocycles. The topological polar surface area (TPSA) is 72.2 Å². The molecule has 94 valence electrons. The van der Waals surface area contributed by atoms with Crippen molar-refractivity contribution in [2.75, 3.05) is 0 Å². The third-order valence-electron chi connectivity index (χ3n) is 2.96. The first-order valence-electron chi connectivity index (χ1n) is 5.72. The molecule has 1 heterocycles. The Morgan fingerprint density at radius 1 is 1.50 bits per heavy atom. The molecule has 0 saturated carbocycles. The van der Waals surface area contributed by atoms with Crippen LogP contribution in [0.2, 0.25) is 0 Å². The van der Waals surface area contributed by atoms with Crippen molar-refractivity contribution >= 4 is 17.4 Å². The fraction of sp³-hybridized carbons (Fsp3) is 0.308. The molecule has 2 rings (SSSR count). The summed E-state index contributed by atoms with van der Waals surface area (Å²) in [5.41, 5.74) is 0.351. The van der Waals surface area contributed by atoms with E-state index < -0.39 is 6.09 Å². The Morgan fingerprint density at radius 3 is 2.83 bits per heavy atom. The second-order valence-electron chi connectivity index (χ2n) is 4.50. The van der Waals surface area contributed by atoms with Crippen molar-refractivity contribution in [1.29, 1.82) is 0 Å². The Hall–Kier alpha value is -2.17. The zero-order chi connectivity index (χ0) is 13.3. The minimum atomic E-state index is -1.15. The predicted octanol–water partition coefficient (Wildman–Crippen LogP) is 2.20. The van der Waals surface area contributed by atoms with Gasteiger partial charge in [-0.1, -0.05) is 26.0 Å². The number of Topliss-reactive ketones (excluding diaryl/α,β-unsaturated/α-hetero) is 1. The summed E-state index contributed by atoms with van der Waals surface area (Å²) in [5, 5.41) is 9.01. The molecule has 5 nitrogen and oxygen atoms in total. The van der Waals surface area contributed by atoms with Gasteiger partial charge in [0.15, 0.2) is 11.6 Å². The first-order chi connectivity index (χ1) is 8.52. The Bertz CT molecular complexity index is 552. The van der Waals surface area contributed by atoms with Gasteiger partial charge in [-0.3, -0.25) is 4.79 Å². The van der Waals surface area contributed by atoms with Gasteiger partial charge in [0.2, 0.25) is 0 Å². The zero-order valence-corrected chi connectivity index (χ0v) is 10.2. The van der Waals surface area contributed by atoms with E-state index in [1.165, 1.54) is 12.4 Å². The second kappa shape index (κ2) is 4.60. The van der Waals surface area contributed by atoms with Crippen LogP contribution in [0.25, 0.3) is 5.57 Å². The molecule has 18 heavy (non-hydrogen) atoms. The number of carboxylic acid groups (broad SMARTS) is 1. The first kappa shape index (κ1) is 12.3. The van der Waals surface area contributed by atoms with Crippen LogP contribution < -0.4 is 0 Å². The first-order valence-corrected chi connectivity index (χ1v) is 5.72. The maximum absolute atomic E-state index is 12.3. The van der Waals surface area contributed by atoms with Crippen molar-refractivity contribution in [3.05, 3.63) is 36.4 Å². The van der Waals surface area contributed by atoms with Gasteiger partial charge >= 0.3 is 6.09 Å². The largest absolute Gasteiger partial charge is 0.464 e. The number of hydrogen-bond acceptors (Lipinski definition) is 3. The number of nitrogens with zero attached hydrogens (tertiary/aromatic N) is 2. The average molecular weight is 246 g/mol. The summed E-state index contributed by atoms with van der Waals surface area (Å²) in [4.78, 5) is 27.3. The molecule has 1 aromatic rings. The van der Waals surface area contributed by atoms with Crippen LogP contribution in [0.5, 0.6) is 0 Å². The molecule has 1 unspecified atom stereocenters. The van der Waals surface area contributed by atoms with E-state index in [2.05, 4.69) is 4.98 Å². The van der Waals surface area contributed by atoms with Gasteiger partial charge in [0.25, 0.3) is 0 Å². The monoisotopic (exact) mass is 246 g/mol. The summed E-state index contributed by atoms with van der Waals surface area (Å²) in [5.74, 6) is 0.0540. The van der Waals surface area contributed by atoms with Crippen LogP contribution in [0, 0.1) is 11.8 Å². The van der Waals surface area contributed by atoms with Gasteiger partial charge in [0, 0.05) is 18.3 Å². The fourth-order valence-corrected chi connectivity index (χ4v) is 1.99. The van der Waals surface area contributed by atoms with E-state index in [-0.39, 0.29) is 23.4 Å². The summed E-state index contributed by atoms with van der Waals surface area (Å²) >= 11 is 0. The van der Waals surface area contributed by atoms with Crippen molar-refractivity contribution in [2.45, 2.75) is 13.8 Å². The van der Waals surface area contributed by atoms with Gasteiger partial charge in [-0.2, -0.15) is 0 Å². The average Bonchev–Trinajstić information content (AvgIpc) is 2.77. The predicted molar refractivity (Wildman–Crippen MR) is 66.1 cm³/mol. The Kier molecular flexibility index (Phi) is 3.14. The van der Waals surface area contributed by atoms with Crippen LogP contribution in [0.15, 0.2) is 30.6 Å². The van der Waals surface area contributed by atoms with Gasteiger partial charge in [0.1, 0.15) is 0 Å². The standard InChI is InChI=1S/C13H14N2O3/c1-8(2)9-4-3-5-10(11(9)16)12-14-6-7-15(12)13(17)18/h3-9H,1-2H3,(H,17,18). The van der Waals surface area contributed by atoms with Crippen LogP contribution in [0.3, 0.4) is 0 Å². The molecule has 1 atom stereocenters. The second-order valence-corrected chi connectivity index (χ2v) is 4.50. The Labute approximate surface area is 104 Å². The van der Waals surface area contributed by atoms with Gasteiger partial charge in [-0.05, 0) is 12.0 Å². The van der Waals surface area contributed by atoms with E-state index in [1.807, 2.05) is 19.9 Å². The van der Waals surface area contributed by atoms with Crippen molar-refractivity contribution in [3.8, 4) is 0 Å². The number of allylic oxidation sites excluding steroid dienone is 4. The van der Waals surface area contributed by atoms with Crippen molar-refractivity contribution < 1.29 is 14.7 Å². The number of aromatic nitrogens is 2. The quantitative estimate of drug-likeness (QED) is 0.868. The normalized spacial score (nSPS) is 19.2. The molecule has 0 amide bonds. The van der Waals surface area contributed by atoms with E-state index in [4.69, 9.17) is 5.11 Å². The summed E-state index contributed by atoms with van der Waals surface area (Å²) < 4.78 is 0.959. The van der Waals surface area contributed by atoms with Gasteiger partial charge < -0.3 is 5.11 Å². The molecule has 0 bridgehead atoms. The molecule has 0 fully saturated rings. The lowest BCUT2D eigenvalue weighted by Gasteiger charge is -2.20. The molecule has 0 spiro atoms. The third-order valence-corrected chi connectivity index (χ3v) is 2.96. The summed E-state index contributed by atoms with van der Waals surface area (Å²) in [7, 11) is 0. The Balaban J connectivity index is 2.42. The van der Waals surface area contributed by atoms with Crippen LogP contribution >= 0.6 is 0 Å². The van der Waals surface area contributed by atoms with E-state index in [0.717, 1.165) is 4.57 Å². The molecule has 1 aromatic heterocycles. The SMILES string of the molecule is CC(C)C1C=CC=C(c2nccn2C(=O)O)C1=O. The molecule has 1 N–H and O–H groups in total. The molecular weight excluding hydrogens is 232 g/mol. The van der Waals surface area contributed by atoms with Crippen molar-refractivity contribution in [3.63, 3.8) is 0 Å². The molecule has 5 heteroatoms. The lowest BCUT2D eigenvalue weighted by atomic mass is 9.84. The molecule has 0 radical (unpaired) electrons. The van der Waals surface area contributed by atoms with Crippen LogP contribution in [0.4, 0.5) is 4.79 Å². The summed E-state index contributed by atoms with van der Waals surface area (Å²) in [6.45, 7) is 3.92. The minimum Gasteiger partial charge on any atom is -0.464 e. The highest BCUT2D eigenvalue weighted by atomic mass is 16.4. The highest BCUT2D eigenvalue weighted by molar-refractivity contribution is 6.23. The molecule has 1 aliphatic carbocycles. The number of carbonyl (C=O) groups excluding carboxylic acids is 1. The number of hydrogen-bond donors (Lipinski definition) is 1. The van der Waals surface area contributed by atoms with Gasteiger partial charge in [-0.25, -0.2) is 14.3 Å². The summed E-state index contributed by atoms with van der Waals surface area (Å²) in [6, 6.07) is 0. The number of carbonyl (C=O) groups is 2. The van der Waals surface area contributed by atoms with Crippen LogP contribution in [0.1, 0.15) is 19.7 Å². The van der Waals surface area contributed by atoms with Crippen LogP contribution in [-0.4, -0.2) is 26.5 Å². The van der Waals surface area contributed by atoms with Crippen molar-refractivity contribution in [1.82, 2.24) is 9.55 Å². The number of ketones is 1. The fourth-order valence-electron chi connectivity index (χ4n) is 1.99. The number of rotatable bonds is 2. The maximum Gasteiger partial charge on any atom is 0.417 e. The van der Waals surface area contributed by atoms with Crippen LogP contribution in [-0.2, 0) is 4.79 Å². The molecular formula is C13H14N2O3.